The van der Waals surface area contributed by atoms with Crippen LogP contribution in [-0.4, -0.2) is 18.5 Å². The molecule has 3 nitrogen and oxygen atoms in total. The lowest BCUT2D eigenvalue weighted by atomic mass is 10.1. The van der Waals surface area contributed by atoms with Crippen LogP contribution in [0.15, 0.2) is 0 Å². The van der Waals surface area contributed by atoms with E-state index >= 15 is 0 Å². The molecule has 0 saturated heterocycles. The molecule has 1 amide bonds. The van der Waals surface area contributed by atoms with Crippen LogP contribution in [0.1, 0.15) is 33.6 Å². The molecule has 0 saturated carbocycles. The first kappa shape index (κ1) is 11.4. The second-order valence-electron chi connectivity index (χ2n) is 3.27. The fourth-order valence-electron chi connectivity index (χ4n) is 0.736. The third kappa shape index (κ3) is 4.34. The minimum atomic E-state index is -0.339. The number of carbonyl (C=O) groups is 1. The summed E-state index contributed by atoms with van der Waals surface area (Å²) in [6, 6.07) is -0.339. The van der Waals surface area contributed by atoms with Crippen LogP contribution < -0.4 is 11.1 Å². The lowest BCUT2D eigenvalue weighted by Gasteiger charge is -2.12. The highest BCUT2D eigenvalue weighted by Gasteiger charge is 2.10. The average molecular weight is 172 g/mol. The smallest absolute Gasteiger partial charge is 0.236 e. The molecule has 0 aromatic rings. The van der Waals surface area contributed by atoms with Crippen molar-refractivity contribution >= 4 is 5.91 Å². The van der Waals surface area contributed by atoms with Crippen molar-refractivity contribution in [3.8, 4) is 0 Å². The van der Waals surface area contributed by atoms with E-state index in [2.05, 4.69) is 19.2 Å². The van der Waals surface area contributed by atoms with E-state index in [0.29, 0.717) is 12.3 Å². The van der Waals surface area contributed by atoms with E-state index in [4.69, 9.17) is 5.73 Å². The molecular weight excluding hydrogens is 152 g/mol. The molecule has 0 spiro atoms. The second-order valence-corrected chi connectivity index (χ2v) is 3.27. The predicted octanol–water partition coefficient (Wildman–Crippen LogP) is 0.886. The lowest BCUT2D eigenvalue weighted by Crippen LogP contribution is -2.41. The van der Waals surface area contributed by atoms with E-state index in [-0.39, 0.29) is 11.9 Å². The summed E-state index contributed by atoms with van der Waals surface area (Å²) in [5.41, 5.74) is 5.53. The van der Waals surface area contributed by atoms with Gasteiger partial charge < -0.3 is 11.1 Å². The Morgan fingerprint density at radius 3 is 2.42 bits per heavy atom. The van der Waals surface area contributed by atoms with Gasteiger partial charge in [0, 0.05) is 6.54 Å². The van der Waals surface area contributed by atoms with Crippen LogP contribution in [0.2, 0.25) is 0 Å². The van der Waals surface area contributed by atoms with E-state index in [1.165, 1.54) is 0 Å². The van der Waals surface area contributed by atoms with Crippen molar-refractivity contribution in [2.45, 2.75) is 39.7 Å². The van der Waals surface area contributed by atoms with Crippen LogP contribution in [0.3, 0.4) is 0 Å². The number of amides is 1. The molecule has 0 radical (unpaired) electrons. The van der Waals surface area contributed by atoms with Crippen molar-refractivity contribution in [3.05, 3.63) is 0 Å². The number of carbonyl (C=O) groups excluding carboxylic acids is 1. The Hall–Kier alpha value is -0.570. The molecule has 2 atom stereocenters. The zero-order chi connectivity index (χ0) is 9.56. The molecule has 12 heavy (non-hydrogen) atoms. The van der Waals surface area contributed by atoms with Gasteiger partial charge in [0.25, 0.3) is 0 Å². The summed E-state index contributed by atoms with van der Waals surface area (Å²) in [4.78, 5) is 11.2. The summed E-state index contributed by atoms with van der Waals surface area (Å²) in [7, 11) is 0. The van der Waals surface area contributed by atoms with Gasteiger partial charge in [0.2, 0.25) is 5.91 Å². The quantitative estimate of drug-likeness (QED) is 0.647. The zero-order valence-electron chi connectivity index (χ0n) is 8.26. The van der Waals surface area contributed by atoms with Crippen molar-refractivity contribution in [1.29, 1.82) is 0 Å². The SMILES string of the molecule is CCC(C)CNC(=O)[C@H](N)CC. The van der Waals surface area contributed by atoms with Gasteiger partial charge in [-0.1, -0.05) is 27.2 Å². The maximum absolute atomic E-state index is 11.2. The van der Waals surface area contributed by atoms with Crippen molar-refractivity contribution < 1.29 is 4.79 Å². The van der Waals surface area contributed by atoms with Crippen LogP contribution in [0, 0.1) is 5.92 Å². The summed E-state index contributed by atoms with van der Waals surface area (Å²) in [6.07, 6.45) is 1.79. The molecule has 0 aliphatic carbocycles. The topological polar surface area (TPSA) is 55.1 Å². The number of rotatable bonds is 5. The summed E-state index contributed by atoms with van der Waals surface area (Å²) in [5.74, 6) is 0.510. The van der Waals surface area contributed by atoms with Gasteiger partial charge in [0.1, 0.15) is 0 Å². The normalized spacial score (nSPS) is 15.3. The Morgan fingerprint density at radius 2 is 2.00 bits per heavy atom. The van der Waals surface area contributed by atoms with Crippen molar-refractivity contribution in [2.75, 3.05) is 6.54 Å². The summed E-state index contributed by atoms with van der Waals surface area (Å²) >= 11 is 0. The molecular formula is C9H20N2O. The molecule has 3 N–H and O–H groups in total. The summed E-state index contributed by atoms with van der Waals surface area (Å²) in [5, 5.41) is 2.82. The molecule has 1 unspecified atom stereocenters. The van der Waals surface area contributed by atoms with Crippen LogP contribution in [0.4, 0.5) is 0 Å². The average Bonchev–Trinajstić information content (AvgIpc) is 2.11. The number of nitrogens with one attached hydrogen (secondary N) is 1. The highest BCUT2D eigenvalue weighted by Crippen LogP contribution is 1.97. The van der Waals surface area contributed by atoms with Gasteiger partial charge in [-0.05, 0) is 12.3 Å². The molecule has 0 aromatic carbocycles. The van der Waals surface area contributed by atoms with E-state index in [0.717, 1.165) is 13.0 Å². The minimum absolute atomic E-state index is 0.0298. The Balaban J connectivity index is 3.56. The standard InChI is InChI=1S/C9H20N2O/c1-4-7(3)6-11-9(12)8(10)5-2/h7-8H,4-6,10H2,1-3H3,(H,11,12)/t7?,8-/m1/s1. The number of hydrogen-bond donors (Lipinski definition) is 2. The molecule has 0 aromatic heterocycles. The third-order valence-electron chi connectivity index (χ3n) is 2.10. The Labute approximate surface area is 74.7 Å². The fourth-order valence-corrected chi connectivity index (χ4v) is 0.736. The molecule has 0 heterocycles. The minimum Gasteiger partial charge on any atom is -0.354 e. The van der Waals surface area contributed by atoms with Gasteiger partial charge in [-0.2, -0.15) is 0 Å². The van der Waals surface area contributed by atoms with Gasteiger partial charge in [-0.3, -0.25) is 4.79 Å². The van der Waals surface area contributed by atoms with Crippen LogP contribution in [0.25, 0.3) is 0 Å². The Kier molecular flexibility index (Phi) is 5.72. The van der Waals surface area contributed by atoms with E-state index in [9.17, 15) is 4.79 Å². The van der Waals surface area contributed by atoms with Gasteiger partial charge in [-0.25, -0.2) is 0 Å². The van der Waals surface area contributed by atoms with E-state index in [1.54, 1.807) is 0 Å². The van der Waals surface area contributed by atoms with Crippen LogP contribution >= 0.6 is 0 Å². The number of hydrogen-bond acceptors (Lipinski definition) is 2. The maximum atomic E-state index is 11.2. The van der Waals surface area contributed by atoms with Gasteiger partial charge in [0.05, 0.1) is 6.04 Å². The lowest BCUT2D eigenvalue weighted by molar-refractivity contribution is -0.122. The highest BCUT2D eigenvalue weighted by molar-refractivity contribution is 5.81. The van der Waals surface area contributed by atoms with Gasteiger partial charge in [-0.15, -0.1) is 0 Å². The zero-order valence-corrected chi connectivity index (χ0v) is 8.26. The van der Waals surface area contributed by atoms with Crippen molar-refractivity contribution in [1.82, 2.24) is 5.32 Å². The summed E-state index contributed by atoms with van der Waals surface area (Å²) < 4.78 is 0. The monoisotopic (exact) mass is 172 g/mol. The fraction of sp³-hybridized carbons (Fsp3) is 0.889. The molecule has 3 heteroatoms. The highest BCUT2D eigenvalue weighted by atomic mass is 16.2. The first-order chi connectivity index (χ1) is 5.61. The van der Waals surface area contributed by atoms with Gasteiger partial charge >= 0.3 is 0 Å². The molecule has 72 valence electrons. The number of nitrogens with two attached hydrogens (primary N) is 1. The Bertz CT molecular complexity index is 136. The van der Waals surface area contributed by atoms with E-state index in [1.807, 2.05) is 6.92 Å². The van der Waals surface area contributed by atoms with Crippen molar-refractivity contribution in [3.63, 3.8) is 0 Å². The van der Waals surface area contributed by atoms with Gasteiger partial charge in [0.15, 0.2) is 0 Å². The van der Waals surface area contributed by atoms with Crippen molar-refractivity contribution in [2.24, 2.45) is 11.7 Å². The van der Waals surface area contributed by atoms with Crippen LogP contribution in [-0.2, 0) is 4.79 Å². The molecule has 0 aliphatic rings. The predicted molar refractivity (Wildman–Crippen MR) is 50.7 cm³/mol. The first-order valence-electron chi connectivity index (χ1n) is 4.65. The molecule has 0 bridgehead atoms. The molecule has 0 rings (SSSR count). The molecule has 0 fully saturated rings. The molecule has 0 aliphatic heterocycles. The largest absolute Gasteiger partial charge is 0.354 e. The second kappa shape index (κ2) is 6.00. The van der Waals surface area contributed by atoms with Crippen LogP contribution in [0.5, 0.6) is 0 Å². The third-order valence-corrected chi connectivity index (χ3v) is 2.10. The maximum Gasteiger partial charge on any atom is 0.236 e. The first-order valence-corrected chi connectivity index (χ1v) is 4.65. The summed E-state index contributed by atoms with van der Waals surface area (Å²) in [6.45, 7) is 6.87. The van der Waals surface area contributed by atoms with E-state index < -0.39 is 0 Å². The Morgan fingerprint density at radius 1 is 1.42 bits per heavy atom.